The number of nitrogens with zero attached hydrogens (tertiary/aromatic N) is 2. The predicted octanol–water partition coefficient (Wildman–Crippen LogP) is 7.10. The molecule has 34 heavy (non-hydrogen) atoms. The molecule has 184 valence electrons. The molecule has 2 aromatic carbocycles. The molecule has 0 N–H and O–H groups in total. The Morgan fingerprint density at radius 1 is 1.03 bits per heavy atom. The van der Waals surface area contributed by atoms with E-state index in [1.54, 1.807) is 0 Å². The first-order valence-electron chi connectivity index (χ1n) is 12.8. The van der Waals surface area contributed by atoms with Crippen LogP contribution < -0.4 is 4.74 Å². The lowest BCUT2D eigenvalue weighted by Gasteiger charge is -2.39. The number of benzene rings is 2. The number of rotatable bonds is 10. The summed E-state index contributed by atoms with van der Waals surface area (Å²) < 4.78 is 8.58. The van der Waals surface area contributed by atoms with Crippen LogP contribution >= 0.6 is 35.1 Å². The Balaban J connectivity index is 1.31. The molecule has 0 spiro atoms. The Labute approximate surface area is 219 Å². The van der Waals surface area contributed by atoms with E-state index in [2.05, 4.69) is 46.6 Å². The summed E-state index contributed by atoms with van der Waals surface area (Å²) >= 11 is 14.5. The lowest BCUT2D eigenvalue weighted by Crippen LogP contribution is -2.41. The van der Waals surface area contributed by atoms with Crippen LogP contribution in [0.25, 0.3) is 0 Å². The summed E-state index contributed by atoms with van der Waals surface area (Å²) in [4.78, 5) is 2.73. The average Bonchev–Trinajstić information content (AvgIpc) is 3.51. The molecule has 1 saturated heterocycles. The fraction of sp³-hybridized carbons (Fsp3) is 0.571. The maximum absolute atomic E-state index is 6.38. The first kappa shape index (κ1) is 24.8. The van der Waals surface area contributed by atoms with E-state index in [1.165, 1.54) is 67.6 Å². The lowest BCUT2D eigenvalue weighted by molar-refractivity contribution is 0.188. The number of likely N-dealkylation sites (N-methyl/N-ethyl adjacent to an activating group) is 1. The van der Waals surface area contributed by atoms with Crippen molar-refractivity contribution in [2.24, 2.45) is 5.92 Å². The van der Waals surface area contributed by atoms with Gasteiger partial charge in [0.05, 0.1) is 10.0 Å². The lowest BCUT2D eigenvalue weighted by atomic mass is 9.75. The maximum atomic E-state index is 6.38. The second-order valence-electron chi connectivity index (χ2n) is 10.2. The minimum absolute atomic E-state index is 0.444. The van der Waals surface area contributed by atoms with Crippen LogP contribution in [0.5, 0.6) is 5.75 Å². The molecule has 6 heteroatoms. The molecule has 2 fully saturated rings. The molecule has 0 bridgehead atoms. The molecule has 2 unspecified atom stereocenters. The van der Waals surface area contributed by atoms with Gasteiger partial charge in [0, 0.05) is 24.3 Å². The van der Waals surface area contributed by atoms with Crippen LogP contribution in [0.1, 0.15) is 54.7 Å². The molecule has 1 saturated carbocycles. The Hall–Kier alpha value is -0.910. The zero-order valence-corrected chi connectivity index (χ0v) is 22.5. The number of likely N-dealkylation sites (tertiary alicyclic amines) is 1. The third kappa shape index (κ3) is 6.25. The number of fused-ring (bicyclic) bond motifs is 1. The first-order valence-corrected chi connectivity index (χ1v) is 14.5. The van der Waals surface area contributed by atoms with Gasteiger partial charge >= 0.3 is 0 Å². The highest BCUT2D eigenvalue weighted by molar-refractivity contribution is 7.97. The summed E-state index contributed by atoms with van der Waals surface area (Å²) in [6.07, 6.45) is 8.81. The van der Waals surface area contributed by atoms with Crippen LogP contribution in [0.4, 0.5) is 0 Å². The van der Waals surface area contributed by atoms with Crippen molar-refractivity contribution >= 4 is 35.1 Å². The van der Waals surface area contributed by atoms with Gasteiger partial charge in [-0.25, -0.2) is 0 Å². The fourth-order valence-corrected chi connectivity index (χ4v) is 6.82. The quantitative estimate of drug-likeness (QED) is 0.311. The molecule has 3 nitrogen and oxygen atoms in total. The van der Waals surface area contributed by atoms with Crippen molar-refractivity contribution in [2.75, 3.05) is 39.0 Å². The minimum atomic E-state index is 0.444. The molecule has 0 radical (unpaired) electrons. The number of halogens is 2. The molecular formula is C28H36Cl2N2OS. The van der Waals surface area contributed by atoms with Gasteiger partial charge in [0.1, 0.15) is 12.4 Å². The Morgan fingerprint density at radius 2 is 1.85 bits per heavy atom. The molecule has 1 heterocycles. The van der Waals surface area contributed by atoms with Crippen LogP contribution in [0.2, 0.25) is 10.0 Å². The van der Waals surface area contributed by atoms with Crippen molar-refractivity contribution in [1.29, 1.82) is 0 Å². The molecule has 3 aliphatic rings. The third-order valence-corrected chi connectivity index (χ3v) is 9.63. The summed E-state index contributed by atoms with van der Waals surface area (Å²) in [7, 11) is 2.18. The highest BCUT2D eigenvalue weighted by atomic mass is 35.5. The van der Waals surface area contributed by atoms with Crippen LogP contribution in [-0.4, -0.2) is 54.3 Å². The monoisotopic (exact) mass is 518 g/mol. The van der Waals surface area contributed by atoms with Crippen molar-refractivity contribution in [3.8, 4) is 5.75 Å². The van der Waals surface area contributed by atoms with Gasteiger partial charge in [-0.2, -0.15) is 0 Å². The smallest absolute Gasteiger partial charge is 0.119 e. The van der Waals surface area contributed by atoms with Gasteiger partial charge in [0.2, 0.25) is 0 Å². The normalized spacial score (nSPS) is 22.8. The summed E-state index contributed by atoms with van der Waals surface area (Å²) in [6.45, 7) is 4.11. The van der Waals surface area contributed by atoms with Crippen LogP contribution in [0.15, 0.2) is 36.4 Å². The molecule has 2 aromatic rings. The van der Waals surface area contributed by atoms with E-state index in [0.717, 1.165) is 37.7 Å². The molecule has 1 aliphatic heterocycles. The van der Waals surface area contributed by atoms with Gasteiger partial charge in [-0.05, 0) is 112 Å². The van der Waals surface area contributed by atoms with Gasteiger partial charge in [-0.15, -0.1) is 0 Å². The van der Waals surface area contributed by atoms with Crippen molar-refractivity contribution in [3.63, 3.8) is 0 Å². The number of aryl methyl sites for hydroxylation is 1. The Morgan fingerprint density at radius 3 is 2.62 bits per heavy atom. The van der Waals surface area contributed by atoms with E-state index in [0.29, 0.717) is 22.0 Å². The van der Waals surface area contributed by atoms with Crippen molar-refractivity contribution in [1.82, 2.24) is 9.21 Å². The molecule has 5 rings (SSSR count). The van der Waals surface area contributed by atoms with Gasteiger partial charge in [0.25, 0.3) is 0 Å². The fourth-order valence-electron chi connectivity index (χ4n) is 5.50. The topological polar surface area (TPSA) is 15.7 Å². The van der Waals surface area contributed by atoms with E-state index in [1.807, 2.05) is 18.0 Å². The van der Waals surface area contributed by atoms with Gasteiger partial charge < -0.3 is 4.74 Å². The molecule has 2 atom stereocenters. The van der Waals surface area contributed by atoms with Crippen LogP contribution in [0.3, 0.4) is 0 Å². The van der Waals surface area contributed by atoms with E-state index in [4.69, 9.17) is 27.9 Å². The number of ether oxygens (including phenoxy) is 1. The van der Waals surface area contributed by atoms with Gasteiger partial charge in [-0.3, -0.25) is 9.21 Å². The summed E-state index contributed by atoms with van der Waals surface area (Å²) in [5.74, 6) is 3.65. The predicted molar refractivity (Wildman–Crippen MR) is 146 cm³/mol. The molecule has 0 amide bonds. The van der Waals surface area contributed by atoms with Crippen LogP contribution in [-0.2, 0) is 12.8 Å². The standard InChI is InChI=1S/C28H36Cl2N2OS/c1-31(34-19-20-4-5-20)14-15-33-23-9-7-22-8-11-28(32-12-2-3-13-32)25(24(22)18-23)16-21-6-10-26(29)27(30)17-21/h6-7,9-10,17-18,20,25,28H,2-5,8,11-16,19H2,1H3. The average molecular weight is 520 g/mol. The van der Waals surface area contributed by atoms with Gasteiger partial charge in [0.15, 0.2) is 0 Å². The number of hydrogen-bond acceptors (Lipinski definition) is 4. The Kier molecular flexibility index (Phi) is 8.33. The summed E-state index contributed by atoms with van der Waals surface area (Å²) in [6, 6.07) is 13.5. The zero-order valence-electron chi connectivity index (χ0n) is 20.1. The highest BCUT2D eigenvalue weighted by Crippen LogP contribution is 2.40. The maximum Gasteiger partial charge on any atom is 0.119 e. The molecule has 0 aromatic heterocycles. The minimum Gasteiger partial charge on any atom is -0.492 e. The van der Waals surface area contributed by atoms with Crippen molar-refractivity contribution in [2.45, 2.75) is 56.9 Å². The van der Waals surface area contributed by atoms with E-state index >= 15 is 0 Å². The molecular weight excluding hydrogens is 483 g/mol. The van der Waals surface area contributed by atoms with Crippen molar-refractivity contribution in [3.05, 3.63) is 63.1 Å². The second kappa shape index (κ2) is 11.4. The second-order valence-corrected chi connectivity index (χ2v) is 12.2. The Bertz CT molecular complexity index is 977. The molecule has 2 aliphatic carbocycles. The highest BCUT2D eigenvalue weighted by Gasteiger charge is 2.35. The SMILES string of the molecule is CN(CCOc1ccc2c(c1)C(Cc1ccc(Cl)c(Cl)c1)C(N1CCCC1)CC2)SCC1CC1. The summed E-state index contributed by atoms with van der Waals surface area (Å²) in [5, 5.41) is 1.27. The van der Waals surface area contributed by atoms with Gasteiger partial charge in [-0.1, -0.05) is 47.3 Å². The van der Waals surface area contributed by atoms with E-state index in [-0.39, 0.29) is 0 Å². The third-order valence-electron chi connectivity index (χ3n) is 7.64. The van der Waals surface area contributed by atoms with E-state index < -0.39 is 0 Å². The largest absolute Gasteiger partial charge is 0.492 e. The zero-order chi connectivity index (χ0) is 23.5. The van der Waals surface area contributed by atoms with Crippen LogP contribution in [0, 0.1) is 5.92 Å². The summed E-state index contributed by atoms with van der Waals surface area (Å²) in [5.41, 5.74) is 4.20. The number of hydrogen-bond donors (Lipinski definition) is 0. The van der Waals surface area contributed by atoms with E-state index in [9.17, 15) is 0 Å². The first-order chi connectivity index (χ1) is 16.6. The van der Waals surface area contributed by atoms with Crippen molar-refractivity contribution < 1.29 is 4.74 Å².